The van der Waals surface area contributed by atoms with Gasteiger partial charge in [0, 0.05) is 0 Å². The lowest BCUT2D eigenvalue weighted by molar-refractivity contribution is 0.767. The van der Waals surface area contributed by atoms with Crippen LogP contribution >= 0.6 is 0 Å². The van der Waals surface area contributed by atoms with Crippen molar-refractivity contribution in [2.45, 2.75) is 45.4 Å². The molecule has 0 N–H and O–H groups in total. The highest BCUT2D eigenvalue weighted by Gasteiger charge is 2.51. The van der Waals surface area contributed by atoms with Crippen LogP contribution < -0.4 is 0 Å². The Morgan fingerprint density at radius 3 is 1.00 bits per heavy atom. The van der Waals surface area contributed by atoms with E-state index in [1.54, 1.807) is 0 Å². The Morgan fingerprint density at radius 1 is 0.165 bits per heavy atom. The molecule has 462 valence electrons. The number of benzene rings is 17. The van der Waals surface area contributed by atoms with Gasteiger partial charge in [-0.3, -0.25) is 0 Å². The summed E-state index contributed by atoms with van der Waals surface area (Å²) >= 11 is 0. The molecule has 0 saturated heterocycles. The summed E-state index contributed by atoms with van der Waals surface area (Å²) in [6, 6.07) is 130. The second-order valence-corrected chi connectivity index (χ2v) is 26.4. The van der Waals surface area contributed by atoms with Gasteiger partial charge in [0.1, 0.15) is 0 Å². The van der Waals surface area contributed by atoms with Gasteiger partial charge in [-0.1, -0.05) is 375 Å². The third-order valence-corrected chi connectivity index (χ3v) is 20.6. The Kier molecular flexibility index (Phi) is 15.7. The SMILES string of the molecule is Cc1cc2ccccc2c2ccccc12.Cc1ccc2c(c1)C(c1ccccc1)(c1ccccc1)c1ccccc1-2.Cc1ccc2c(c1)C1(c3ccccc3-c3ccccc31)c1ccccc1-2.Cc1ccc2ccc3ccccc3c2c1.Cc1cccc2c1ccc1ccccc12. The Balaban J connectivity index is 0.0000000976. The maximum Gasteiger partial charge on any atom is 0.0725 e. The van der Waals surface area contributed by atoms with Crippen LogP contribution in [0.5, 0.6) is 0 Å². The minimum Gasteiger partial charge on any atom is -0.0622 e. The number of rotatable bonds is 2. The second-order valence-electron chi connectivity index (χ2n) is 26.4. The van der Waals surface area contributed by atoms with Gasteiger partial charge in [-0.05, 0) is 188 Å². The molecular formula is C97H74. The maximum atomic E-state index is 2.40. The van der Waals surface area contributed by atoms with E-state index in [2.05, 4.69) is 393 Å². The van der Waals surface area contributed by atoms with E-state index in [9.17, 15) is 0 Å². The lowest BCUT2D eigenvalue weighted by Gasteiger charge is -2.34. The van der Waals surface area contributed by atoms with Crippen molar-refractivity contribution in [1.29, 1.82) is 0 Å². The van der Waals surface area contributed by atoms with E-state index in [0.29, 0.717) is 0 Å². The molecule has 0 fully saturated rings. The van der Waals surface area contributed by atoms with Crippen LogP contribution in [-0.4, -0.2) is 0 Å². The summed E-state index contributed by atoms with van der Waals surface area (Å²) in [6.45, 7) is 10.9. The van der Waals surface area contributed by atoms with Crippen molar-refractivity contribution in [1.82, 2.24) is 0 Å². The first-order valence-corrected chi connectivity index (χ1v) is 34.0. The van der Waals surface area contributed by atoms with E-state index in [1.165, 1.54) is 170 Å². The van der Waals surface area contributed by atoms with E-state index in [-0.39, 0.29) is 10.8 Å². The third-order valence-electron chi connectivity index (χ3n) is 20.6. The fourth-order valence-electron chi connectivity index (χ4n) is 16.3. The first kappa shape index (κ1) is 60.3. The molecule has 0 heteroatoms. The zero-order valence-electron chi connectivity index (χ0n) is 55.6. The molecule has 0 aromatic heterocycles. The molecule has 0 radical (unpaired) electrons. The largest absolute Gasteiger partial charge is 0.0725 e. The number of hydrogen-bond acceptors (Lipinski definition) is 0. The van der Waals surface area contributed by atoms with Crippen LogP contribution in [0.1, 0.15) is 72.3 Å². The number of fused-ring (bicyclic) bond motifs is 22. The zero-order chi connectivity index (χ0) is 65.6. The van der Waals surface area contributed by atoms with Gasteiger partial charge >= 0.3 is 0 Å². The molecule has 0 bridgehead atoms. The van der Waals surface area contributed by atoms with Crippen LogP contribution in [-0.2, 0) is 10.8 Å². The predicted molar refractivity (Wildman–Crippen MR) is 415 cm³/mol. The Labute approximate surface area is 570 Å². The smallest absolute Gasteiger partial charge is 0.0622 e. The average molecular weight is 1240 g/mol. The van der Waals surface area contributed by atoms with Crippen molar-refractivity contribution < 1.29 is 0 Å². The number of aryl methyl sites for hydroxylation is 5. The quantitative estimate of drug-likeness (QED) is 0.151. The second kappa shape index (κ2) is 25.2. The highest BCUT2D eigenvalue weighted by molar-refractivity contribution is 6.10. The molecule has 0 saturated carbocycles. The third kappa shape index (κ3) is 10.3. The Morgan fingerprint density at radius 2 is 0.485 bits per heavy atom. The first-order valence-electron chi connectivity index (χ1n) is 34.0. The lowest BCUT2D eigenvalue weighted by Crippen LogP contribution is -2.28. The van der Waals surface area contributed by atoms with E-state index >= 15 is 0 Å². The molecule has 17 aromatic carbocycles. The molecular weight excluding hydrogens is 1170 g/mol. The van der Waals surface area contributed by atoms with E-state index < -0.39 is 0 Å². The average Bonchev–Trinajstić information content (AvgIpc) is 1.51. The van der Waals surface area contributed by atoms with Crippen LogP contribution in [0.15, 0.2) is 358 Å². The van der Waals surface area contributed by atoms with Gasteiger partial charge in [-0.2, -0.15) is 0 Å². The van der Waals surface area contributed by atoms with E-state index in [4.69, 9.17) is 0 Å². The van der Waals surface area contributed by atoms with Gasteiger partial charge in [0.15, 0.2) is 0 Å². The van der Waals surface area contributed by atoms with Crippen molar-refractivity contribution in [2.24, 2.45) is 0 Å². The predicted octanol–water partition coefficient (Wildman–Crippen LogP) is 25.6. The minimum atomic E-state index is -0.263. The molecule has 0 atom stereocenters. The molecule has 97 heavy (non-hydrogen) atoms. The normalized spacial score (nSPS) is 12.8. The molecule has 3 aliphatic rings. The molecule has 3 aliphatic carbocycles. The summed E-state index contributed by atoms with van der Waals surface area (Å²) in [7, 11) is 0. The van der Waals surface area contributed by atoms with Gasteiger partial charge in [0.2, 0.25) is 0 Å². The van der Waals surface area contributed by atoms with E-state index in [0.717, 1.165) is 0 Å². The molecule has 17 aromatic rings. The van der Waals surface area contributed by atoms with Crippen LogP contribution in [0.4, 0.5) is 0 Å². The first-order chi connectivity index (χ1) is 47.7. The summed E-state index contributed by atoms with van der Waals surface area (Å²) in [5.41, 5.74) is 25.4. The van der Waals surface area contributed by atoms with Crippen LogP contribution in [0.25, 0.3) is 98.0 Å². The molecule has 1 spiro atoms. The fourth-order valence-corrected chi connectivity index (χ4v) is 16.3. The highest BCUT2D eigenvalue weighted by Crippen LogP contribution is 2.63. The van der Waals surface area contributed by atoms with Crippen molar-refractivity contribution in [3.63, 3.8) is 0 Å². The van der Waals surface area contributed by atoms with Gasteiger partial charge in [-0.25, -0.2) is 0 Å². The van der Waals surface area contributed by atoms with Gasteiger partial charge < -0.3 is 0 Å². The van der Waals surface area contributed by atoms with Gasteiger partial charge in [0.25, 0.3) is 0 Å². The van der Waals surface area contributed by atoms with Crippen molar-refractivity contribution >= 4 is 64.6 Å². The molecule has 20 rings (SSSR count). The maximum absolute atomic E-state index is 2.40. The Hall–Kier alpha value is -11.7. The standard InChI is InChI=1S/C26H18.C26H20.3C15H12/c1-17-14-15-21-20-10-4-7-13-24(20)26(25(21)16-17)22-11-5-2-8-18(22)19-9-3-6-12-23(19)26;1-19-16-17-23-22-14-8-9-15-24(22)26(25(23)18-19,20-10-4-2-5-11-20)21-12-6-3-7-13-21;1-11-10-12-6-2-3-8-14(12)15-9-5-4-7-13(11)15;1-11-5-4-8-15-13(11)10-9-12-6-2-3-7-14(12)15;1-11-6-7-13-9-8-12-4-2-3-5-14(12)15(13)10-11/h2-16H,1H3;2-18H,1H3;3*2-10H,1H3. The molecule has 0 unspecified atom stereocenters. The van der Waals surface area contributed by atoms with Crippen molar-refractivity contribution in [2.75, 3.05) is 0 Å². The number of hydrogen-bond donors (Lipinski definition) is 0. The summed E-state index contributed by atoms with van der Waals surface area (Å²) in [6.07, 6.45) is 0. The van der Waals surface area contributed by atoms with Crippen LogP contribution in [0.3, 0.4) is 0 Å². The summed E-state index contributed by atoms with van der Waals surface area (Å²) in [5, 5.41) is 16.1. The fraction of sp³-hybridized carbons (Fsp3) is 0.0722. The minimum absolute atomic E-state index is 0.189. The monoisotopic (exact) mass is 1240 g/mol. The molecule has 0 heterocycles. The van der Waals surface area contributed by atoms with Crippen LogP contribution in [0, 0.1) is 34.6 Å². The summed E-state index contributed by atoms with van der Waals surface area (Å²) < 4.78 is 0. The molecule has 0 amide bonds. The summed E-state index contributed by atoms with van der Waals surface area (Å²) in [5.74, 6) is 0. The molecule has 0 nitrogen and oxygen atoms in total. The van der Waals surface area contributed by atoms with Crippen LogP contribution in [0.2, 0.25) is 0 Å². The summed E-state index contributed by atoms with van der Waals surface area (Å²) in [4.78, 5) is 0. The van der Waals surface area contributed by atoms with Gasteiger partial charge in [-0.15, -0.1) is 0 Å². The van der Waals surface area contributed by atoms with Crippen molar-refractivity contribution in [3.05, 3.63) is 430 Å². The lowest BCUT2D eigenvalue weighted by atomic mass is 9.67. The molecule has 0 aliphatic heterocycles. The van der Waals surface area contributed by atoms with Gasteiger partial charge in [0.05, 0.1) is 10.8 Å². The van der Waals surface area contributed by atoms with E-state index in [1.807, 2.05) is 0 Å². The zero-order valence-corrected chi connectivity index (χ0v) is 55.6. The Bertz CT molecular complexity index is 5550. The topological polar surface area (TPSA) is 0 Å². The highest BCUT2D eigenvalue weighted by atomic mass is 14.5. The van der Waals surface area contributed by atoms with Crippen molar-refractivity contribution in [3.8, 4) is 33.4 Å².